The van der Waals surface area contributed by atoms with Gasteiger partial charge in [-0.15, -0.1) is 0 Å². The fourth-order valence-electron chi connectivity index (χ4n) is 4.45. The topological polar surface area (TPSA) is 32.5 Å². The number of piperidine rings is 2. The Balaban J connectivity index is 1.46. The molecule has 0 aromatic heterocycles. The van der Waals surface area contributed by atoms with Crippen molar-refractivity contribution in [2.45, 2.75) is 63.5 Å². The van der Waals surface area contributed by atoms with E-state index < -0.39 is 0 Å². The average molecular weight is 265 g/mol. The van der Waals surface area contributed by atoms with Crippen LogP contribution in [0.4, 0.5) is 0 Å². The van der Waals surface area contributed by atoms with Gasteiger partial charge in [0.05, 0.1) is 0 Å². The minimum Gasteiger partial charge on any atom is -0.328 e. The minimum atomic E-state index is 0.467. The summed E-state index contributed by atoms with van der Waals surface area (Å²) in [6, 6.07) is 1.39. The molecule has 110 valence electrons. The average Bonchev–Trinajstić information content (AvgIpc) is 2.47. The quantitative estimate of drug-likeness (QED) is 0.848. The highest BCUT2D eigenvalue weighted by Gasteiger charge is 2.33. The largest absolute Gasteiger partial charge is 0.328 e. The van der Waals surface area contributed by atoms with Gasteiger partial charge in [-0.3, -0.25) is 4.90 Å². The van der Waals surface area contributed by atoms with Crippen molar-refractivity contribution in [3.63, 3.8) is 0 Å². The van der Waals surface area contributed by atoms with Crippen LogP contribution < -0.4 is 5.73 Å². The van der Waals surface area contributed by atoms with E-state index in [4.69, 9.17) is 5.73 Å². The minimum absolute atomic E-state index is 0.467. The van der Waals surface area contributed by atoms with Crippen molar-refractivity contribution < 1.29 is 0 Å². The number of fused-ring (bicyclic) bond motifs is 1. The van der Waals surface area contributed by atoms with Crippen molar-refractivity contribution in [3.8, 4) is 0 Å². The SMILES string of the molecule is NC1CCN(CCN2CCC[C@H]3CCCC[C@H]32)CC1. The van der Waals surface area contributed by atoms with Gasteiger partial charge in [0.25, 0.3) is 0 Å². The molecule has 2 N–H and O–H groups in total. The molecule has 0 radical (unpaired) electrons. The fourth-order valence-corrected chi connectivity index (χ4v) is 4.45. The molecule has 0 aromatic rings. The highest BCUT2D eigenvalue weighted by Crippen LogP contribution is 2.35. The van der Waals surface area contributed by atoms with E-state index in [0.717, 1.165) is 12.0 Å². The highest BCUT2D eigenvalue weighted by molar-refractivity contribution is 4.88. The van der Waals surface area contributed by atoms with Crippen molar-refractivity contribution in [3.05, 3.63) is 0 Å². The zero-order valence-corrected chi connectivity index (χ0v) is 12.4. The molecule has 0 amide bonds. The lowest BCUT2D eigenvalue weighted by molar-refractivity contribution is 0.0495. The first-order valence-corrected chi connectivity index (χ1v) is 8.55. The van der Waals surface area contributed by atoms with Crippen LogP contribution in [-0.4, -0.2) is 54.6 Å². The Morgan fingerprint density at radius 2 is 1.53 bits per heavy atom. The van der Waals surface area contributed by atoms with Crippen LogP contribution in [0.3, 0.4) is 0 Å². The summed E-state index contributed by atoms with van der Waals surface area (Å²) in [5.74, 6) is 1.03. The van der Waals surface area contributed by atoms with Crippen molar-refractivity contribution in [1.29, 1.82) is 0 Å². The first-order chi connectivity index (χ1) is 9.33. The normalized spacial score (nSPS) is 35.2. The van der Waals surface area contributed by atoms with Crippen LogP contribution in [-0.2, 0) is 0 Å². The maximum absolute atomic E-state index is 5.99. The molecule has 19 heavy (non-hydrogen) atoms. The van der Waals surface area contributed by atoms with Gasteiger partial charge in [0, 0.05) is 25.2 Å². The Morgan fingerprint density at radius 1 is 0.789 bits per heavy atom. The van der Waals surface area contributed by atoms with Gasteiger partial charge in [0.1, 0.15) is 0 Å². The van der Waals surface area contributed by atoms with Gasteiger partial charge >= 0.3 is 0 Å². The number of nitrogens with zero attached hydrogens (tertiary/aromatic N) is 2. The second-order valence-corrected chi connectivity index (χ2v) is 6.97. The molecule has 1 aliphatic carbocycles. The maximum atomic E-state index is 5.99. The van der Waals surface area contributed by atoms with Crippen molar-refractivity contribution in [1.82, 2.24) is 9.80 Å². The molecular formula is C16H31N3. The van der Waals surface area contributed by atoms with E-state index in [9.17, 15) is 0 Å². The first-order valence-electron chi connectivity index (χ1n) is 8.55. The maximum Gasteiger partial charge on any atom is 0.0124 e. The fraction of sp³-hybridized carbons (Fsp3) is 1.00. The number of hydrogen-bond donors (Lipinski definition) is 1. The van der Waals surface area contributed by atoms with Gasteiger partial charge in [-0.1, -0.05) is 12.8 Å². The van der Waals surface area contributed by atoms with Gasteiger partial charge in [0.15, 0.2) is 0 Å². The molecule has 2 heterocycles. The van der Waals surface area contributed by atoms with Crippen LogP contribution in [0.15, 0.2) is 0 Å². The Labute approximate surface area is 118 Å². The summed E-state index contributed by atoms with van der Waals surface area (Å²) in [5, 5.41) is 0. The summed E-state index contributed by atoms with van der Waals surface area (Å²) in [6.07, 6.45) is 11.3. The molecule has 2 atom stereocenters. The van der Waals surface area contributed by atoms with Crippen molar-refractivity contribution >= 4 is 0 Å². The van der Waals surface area contributed by atoms with Crippen LogP contribution >= 0.6 is 0 Å². The Morgan fingerprint density at radius 3 is 2.37 bits per heavy atom. The van der Waals surface area contributed by atoms with E-state index in [-0.39, 0.29) is 0 Å². The molecule has 0 spiro atoms. The number of rotatable bonds is 3. The van der Waals surface area contributed by atoms with E-state index in [0.29, 0.717) is 6.04 Å². The van der Waals surface area contributed by atoms with E-state index >= 15 is 0 Å². The van der Waals surface area contributed by atoms with Crippen molar-refractivity contribution in [2.24, 2.45) is 11.7 Å². The molecule has 3 rings (SSSR count). The smallest absolute Gasteiger partial charge is 0.0124 e. The molecule has 2 aliphatic heterocycles. The molecule has 3 fully saturated rings. The molecule has 3 heteroatoms. The summed E-state index contributed by atoms with van der Waals surface area (Å²) >= 11 is 0. The summed E-state index contributed by atoms with van der Waals surface area (Å²) in [7, 11) is 0. The third kappa shape index (κ3) is 3.50. The van der Waals surface area contributed by atoms with Crippen LogP contribution in [0.1, 0.15) is 51.4 Å². The van der Waals surface area contributed by atoms with E-state index in [1.54, 1.807) is 0 Å². The molecule has 0 bridgehead atoms. The summed E-state index contributed by atoms with van der Waals surface area (Å²) < 4.78 is 0. The lowest BCUT2D eigenvalue weighted by atomic mass is 9.78. The van der Waals surface area contributed by atoms with Gasteiger partial charge in [-0.2, -0.15) is 0 Å². The van der Waals surface area contributed by atoms with Crippen LogP contribution in [0.5, 0.6) is 0 Å². The molecule has 0 unspecified atom stereocenters. The molecule has 1 saturated carbocycles. The van der Waals surface area contributed by atoms with Crippen LogP contribution in [0.25, 0.3) is 0 Å². The van der Waals surface area contributed by atoms with Crippen LogP contribution in [0, 0.1) is 5.92 Å². The van der Waals surface area contributed by atoms with Gasteiger partial charge < -0.3 is 10.6 Å². The van der Waals surface area contributed by atoms with E-state index in [1.807, 2.05) is 0 Å². The monoisotopic (exact) mass is 265 g/mol. The van der Waals surface area contributed by atoms with Crippen molar-refractivity contribution in [2.75, 3.05) is 32.7 Å². The number of hydrogen-bond acceptors (Lipinski definition) is 3. The lowest BCUT2D eigenvalue weighted by Gasteiger charge is -2.45. The van der Waals surface area contributed by atoms with Crippen LogP contribution in [0.2, 0.25) is 0 Å². The highest BCUT2D eigenvalue weighted by atomic mass is 15.2. The third-order valence-electron chi connectivity index (χ3n) is 5.69. The summed E-state index contributed by atoms with van der Waals surface area (Å²) in [4.78, 5) is 5.46. The second-order valence-electron chi connectivity index (χ2n) is 6.97. The molecule has 2 saturated heterocycles. The van der Waals surface area contributed by atoms with Gasteiger partial charge in [-0.25, -0.2) is 0 Å². The van der Waals surface area contributed by atoms with E-state index in [2.05, 4.69) is 9.80 Å². The van der Waals surface area contributed by atoms with E-state index in [1.165, 1.54) is 84.1 Å². The zero-order chi connectivity index (χ0) is 13.1. The predicted octanol–water partition coefficient (Wildman–Crippen LogP) is 2.06. The standard InChI is InChI=1S/C16H31N3/c17-15-7-10-18(11-8-15)12-13-19-9-3-5-14-4-1-2-6-16(14)19/h14-16H,1-13,17H2/t14-,16-/m1/s1. The predicted molar refractivity (Wildman–Crippen MR) is 80.2 cm³/mol. The number of likely N-dealkylation sites (tertiary alicyclic amines) is 2. The molecule has 0 aromatic carbocycles. The zero-order valence-electron chi connectivity index (χ0n) is 12.4. The molecule has 3 nitrogen and oxygen atoms in total. The lowest BCUT2D eigenvalue weighted by Crippen LogP contribution is -2.50. The van der Waals surface area contributed by atoms with Gasteiger partial charge in [-0.05, 0) is 64.1 Å². The second kappa shape index (κ2) is 6.55. The Bertz CT molecular complexity index is 271. The summed E-state index contributed by atoms with van der Waals surface area (Å²) in [5.41, 5.74) is 5.99. The molecule has 3 aliphatic rings. The number of nitrogens with two attached hydrogens (primary N) is 1. The summed E-state index contributed by atoms with van der Waals surface area (Å²) in [6.45, 7) is 6.38. The first kappa shape index (κ1) is 13.8. The third-order valence-corrected chi connectivity index (χ3v) is 5.69. The molecular weight excluding hydrogens is 234 g/mol. The van der Waals surface area contributed by atoms with Gasteiger partial charge in [0.2, 0.25) is 0 Å². The Hall–Kier alpha value is -0.120. The Kier molecular flexibility index (Phi) is 4.78.